The first-order chi connectivity index (χ1) is 10.0. The van der Waals surface area contributed by atoms with Crippen molar-refractivity contribution in [1.29, 1.82) is 0 Å². The van der Waals surface area contributed by atoms with Crippen molar-refractivity contribution in [2.24, 2.45) is 0 Å². The van der Waals surface area contributed by atoms with Crippen LogP contribution < -0.4 is 10.1 Å². The first-order valence-electron chi connectivity index (χ1n) is 6.83. The summed E-state index contributed by atoms with van der Waals surface area (Å²) >= 11 is 0. The fourth-order valence-electron chi connectivity index (χ4n) is 1.92. The normalized spacial score (nSPS) is 10.2. The lowest BCUT2D eigenvalue weighted by Gasteiger charge is -2.10. The van der Waals surface area contributed by atoms with Crippen LogP contribution in [0.25, 0.3) is 0 Å². The van der Waals surface area contributed by atoms with E-state index in [1.165, 1.54) is 6.07 Å². The number of aromatic hydroxyl groups is 1. The van der Waals surface area contributed by atoms with Gasteiger partial charge >= 0.3 is 0 Å². The van der Waals surface area contributed by atoms with Gasteiger partial charge in [-0.1, -0.05) is 18.2 Å². The Morgan fingerprint density at radius 1 is 1.19 bits per heavy atom. The summed E-state index contributed by atoms with van der Waals surface area (Å²) in [6.07, 6.45) is 0.253. The van der Waals surface area contributed by atoms with E-state index in [2.05, 4.69) is 5.32 Å². The second-order valence-corrected chi connectivity index (χ2v) is 4.97. The van der Waals surface area contributed by atoms with Gasteiger partial charge in [0.1, 0.15) is 11.5 Å². The van der Waals surface area contributed by atoms with E-state index in [4.69, 9.17) is 4.74 Å². The van der Waals surface area contributed by atoms with Gasteiger partial charge < -0.3 is 15.2 Å². The Bertz CT molecular complexity index is 638. The predicted molar refractivity (Wildman–Crippen MR) is 82.8 cm³/mol. The fourth-order valence-corrected chi connectivity index (χ4v) is 1.92. The van der Waals surface area contributed by atoms with E-state index >= 15 is 0 Å². The van der Waals surface area contributed by atoms with E-state index in [1.54, 1.807) is 18.2 Å². The number of hydrogen-bond donors (Lipinski definition) is 2. The SMILES string of the molecule is Cc1ccc(C)c(OCCC(=O)Nc2cccc(O)c2)c1. The molecule has 0 unspecified atom stereocenters. The molecule has 0 saturated carbocycles. The van der Waals surface area contributed by atoms with Crippen molar-refractivity contribution >= 4 is 11.6 Å². The molecule has 2 aromatic rings. The van der Waals surface area contributed by atoms with Crippen LogP contribution in [0.1, 0.15) is 17.5 Å². The van der Waals surface area contributed by atoms with Crippen molar-refractivity contribution in [1.82, 2.24) is 0 Å². The molecule has 110 valence electrons. The molecule has 0 aromatic heterocycles. The van der Waals surface area contributed by atoms with Crippen LogP contribution in [0, 0.1) is 13.8 Å². The molecular formula is C17H19NO3. The van der Waals surface area contributed by atoms with E-state index in [1.807, 2.05) is 32.0 Å². The highest BCUT2D eigenvalue weighted by atomic mass is 16.5. The number of phenolic OH excluding ortho intramolecular Hbond substituents is 1. The Morgan fingerprint density at radius 3 is 2.76 bits per heavy atom. The van der Waals surface area contributed by atoms with Gasteiger partial charge in [-0.25, -0.2) is 0 Å². The van der Waals surface area contributed by atoms with Gasteiger partial charge in [-0.05, 0) is 43.2 Å². The van der Waals surface area contributed by atoms with Crippen LogP contribution in [0.4, 0.5) is 5.69 Å². The second kappa shape index (κ2) is 6.79. The molecule has 2 N–H and O–H groups in total. The molecule has 0 fully saturated rings. The van der Waals surface area contributed by atoms with Crippen molar-refractivity contribution < 1.29 is 14.6 Å². The minimum Gasteiger partial charge on any atom is -0.508 e. The van der Waals surface area contributed by atoms with Gasteiger partial charge in [-0.2, -0.15) is 0 Å². The molecule has 0 saturated heterocycles. The van der Waals surface area contributed by atoms with Gasteiger partial charge in [-0.15, -0.1) is 0 Å². The molecular weight excluding hydrogens is 266 g/mol. The van der Waals surface area contributed by atoms with Crippen molar-refractivity contribution in [2.45, 2.75) is 20.3 Å². The highest BCUT2D eigenvalue weighted by Crippen LogP contribution is 2.19. The Morgan fingerprint density at radius 2 is 2.00 bits per heavy atom. The maximum absolute atomic E-state index is 11.8. The molecule has 21 heavy (non-hydrogen) atoms. The summed E-state index contributed by atoms with van der Waals surface area (Å²) in [5.41, 5.74) is 2.75. The molecule has 1 amide bonds. The number of amides is 1. The van der Waals surface area contributed by atoms with Crippen LogP contribution in [0.3, 0.4) is 0 Å². The standard InChI is InChI=1S/C17H19NO3/c1-12-6-7-13(2)16(10-12)21-9-8-17(20)18-14-4-3-5-15(19)11-14/h3-7,10-11,19H,8-9H2,1-2H3,(H,18,20). The molecule has 0 spiro atoms. The number of hydrogen-bond acceptors (Lipinski definition) is 3. The Labute approximate surface area is 124 Å². The van der Waals surface area contributed by atoms with E-state index in [-0.39, 0.29) is 18.1 Å². The third-order valence-corrected chi connectivity index (χ3v) is 3.06. The van der Waals surface area contributed by atoms with Crippen molar-refractivity contribution in [3.63, 3.8) is 0 Å². The first-order valence-corrected chi connectivity index (χ1v) is 6.83. The largest absolute Gasteiger partial charge is 0.508 e. The molecule has 2 aromatic carbocycles. The van der Waals surface area contributed by atoms with Crippen molar-refractivity contribution in [2.75, 3.05) is 11.9 Å². The highest BCUT2D eigenvalue weighted by molar-refractivity contribution is 5.90. The molecule has 0 heterocycles. The lowest BCUT2D eigenvalue weighted by atomic mass is 10.1. The predicted octanol–water partition coefficient (Wildman–Crippen LogP) is 3.42. The quantitative estimate of drug-likeness (QED) is 0.885. The lowest BCUT2D eigenvalue weighted by Crippen LogP contribution is -2.15. The number of benzene rings is 2. The average molecular weight is 285 g/mol. The number of aryl methyl sites for hydroxylation is 2. The van der Waals surface area contributed by atoms with Gasteiger partial charge in [0.2, 0.25) is 5.91 Å². The highest BCUT2D eigenvalue weighted by Gasteiger charge is 2.05. The van der Waals surface area contributed by atoms with Crippen LogP contribution >= 0.6 is 0 Å². The first kappa shape index (κ1) is 14.9. The van der Waals surface area contributed by atoms with Crippen LogP contribution in [-0.4, -0.2) is 17.6 Å². The zero-order valence-corrected chi connectivity index (χ0v) is 12.2. The summed E-state index contributed by atoms with van der Waals surface area (Å²) in [6, 6.07) is 12.4. The summed E-state index contributed by atoms with van der Waals surface area (Å²) in [5.74, 6) is 0.783. The van der Waals surface area contributed by atoms with Gasteiger partial charge in [0.25, 0.3) is 0 Å². The summed E-state index contributed by atoms with van der Waals surface area (Å²) in [6.45, 7) is 4.29. The number of ether oxygens (including phenoxy) is 1. The average Bonchev–Trinajstić information content (AvgIpc) is 2.42. The number of nitrogens with one attached hydrogen (secondary N) is 1. The van der Waals surface area contributed by atoms with Crippen LogP contribution in [0.5, 0.6) is 11.5 Å². The van der Waals surface area contributed by atoms with Gasteiger partial charge in [0.15, 0.2) is 0 Å². The van der Waals surface area contributed by atoms with Gasteiger partial charge in [0.05, 0.1) is 13.0 Å². The third-order valence-electron chi connectivity index (χ3n) is 3.06. The summed E-state index contributed by atoms with van der Waals surface area (Å²) in [4.78, 5) is 11.8. The minimum absolute atomic E-state index is 0.124. The van der Waals surface area contributed by atoms with E-state index < -0.39 is 0 Å². The molecule has 4 heteroatoms. The zero-order chi connectivity index (χ0) is 15.2. The fraction of sp³-hybridized carbons (Fsp3) is 0.235. The summed E-state index contributed by atoms with van der Waals surface area (Å²) < 4.78 is 5.64. The summed E-state index contributed by atoms with van der Waals surface area (Å²) in [5, 5.41) is 12.0. The molecule has 0 bridgehead atoms. The molecule has 0 aliphatic heterocycles. The smallest absolute Gasteiger partial charge is 0.227 e. The van der Waals surface area contributed by atoms with Crippen LogP contribution in [0.15, 0.2) is 42.5 Å². The molecule has 2 rings (SSSR count). The summed E-state index contributed by atoms with van der Waals surface area (Å²) in [7, 11) is 0. The van der Waals surface area contributed by atoms with E-state index in [0.29, 0.717) is 12.3 Å². The second-order valence-electron chi connectivity index (χ2n) is 4.97. The monoisotopic (exact) mass is 285 g/mol. The number of phenols is 1. The topological polar surface area (TPSA) is 58.6 Å². The van der Waals surface area contributed by atoms with Gasteiger partial charge in [0, 0.05) is 11.8 Å². The van der Waals surface area contributed by atoms with Gasteiger partial charge in [-0.3, -0.25) is 4.79 Å². The van der Waals surface area contributed by atoms with Crippen LogP contribution in [0.2, 0.25) is 0 Å². The zero-order valence-electron chi connectivity index (χ0n) is 12.2. The number of anilines is 1. The van der Waals surface area contributed by atoms with Crippen LogP contribution in [-0.2, 0) is 4.79 Å². The molecule has 0 aliphatic rings. The van der Waals surface area contributed by atoms with E-state index in [9.17, 15) is 9.90 Å². The maximum atomic E-state index is 11.8. The Balaban J connectivity index is 1.83. The number of rotatable bonds is 5. The molecule has 0 radical (unpaired) electrons. The van der Waals surface area contributed by atoms with Crippen molar-refractivity contribution in [3.8, 4) is 11.5 Å². The molecule has 0 aliphatic carbocycles. The number of carbonyl (C=O) groups is 1. The minimum atomic E-state index is -0.147. The number of carbonyl (C=O) groups excluding carboxylic acids is 1. The lowest BCUT2D eigenvalue weighted by molar-refractivity contribution is -0.116. The third kappa shape index (κ3) is 4.53. The van der Waals surface area contributed by atoms with E-state index in [0.717, 1.165) is 16.9 Å². The van der Waals surface area contributed by atoms with Crippen molar-refractivity contribution in [3.05, 3.63) is 53.6 Å². The molecule has 4 nitrogen and oxygen atoms in total. The Hall–Kier alpha value is -2.49. The Kier molecular flexibility index (Phi) is 4.82. The molecule has 0 atom stereocenters. The maximum Gasteiger partial charge on any atom is 0.227 e.